The standard InChI is InChI=1S/C29H20Cl2N4O6/c1-17-3-2-4-19(13-17)27(36)33-22-8-5-18(6-9-22)28(37)34-32-16-20-14-23(35(39)40)10-12-26(20)41-29(38)24-11-7-21(30)15-25(24)31/h2-16H,1H3,(H,33,36)(H,34,37)/b32-16+. The fraction of sp³-hybridized carbons (Fsp3) is 0.0345. The van der Waals surface area contributed by atoms with Crippen molar-refractivity contribution in [2.24, 2.45) is 5.10 Å². The summed E-state index contributed by atoms with van der Waals surface area (Å²) < 4.78 is 5.38. The second-order valence-electron chi connectivity index (χ2n) is 8.59. The van der Waals surface area contributed by atoms with Crippen LogP contribution in [0.1, 0.15) is 42.2 Å². The fourth-order valence-corrected chi connectivity index (χ4v) is 4.06. The quantitative estimate of drug-likeness (QED) is 0.0794. The second-order valence-corrected chi connectivity index (χ2v) is 9.44. The molecule has 0 atom stereocenters. The van der Waals surface area contributed by atoms with Gasteiger partial charge in [-0.15, -0.1) is 0 Å². The van der Waals surface area contributed by atoms with E-state index >= 15 is 0 Å². The fourth-order valence-electron chi connectivity index (χ4n) is 3.57. The number of hydrogen-bond donors (Lipinski definition) is 2. The maximum absolute atomic E-state index is 12.7. The Morgan fingerprint density at radius 1 is 0.902 bits per heavy atom. The number of anilines is 1. The summed E-state index contributed by atoms with van der Waals surface area (Å²) in [5.74, 6) is -1.76. The lowest BCUT2D eigenvalue weighted by atomic mass is 10.1. The van der Waals surface area contributed by atoms with Gasteiger partial charge in [-0.1, -0.05) is 40.9 Å². The van der Waals surface area contributed by atoms with Gasteiger partial charge < -0.3 is 10.1 Å². The molecule has 4 aromatic carbocycles. The number of non-ortho nitro benzene ring substituents is 1. The average molecular weight is 591 g/mol. The van der Waals surface area contributed by atoms with Crippen molar-refractivity contribution >= 4 is 58.6 Å². The van der Waals surface area contributed by atoms with Crippen molar-refractivity contribution in [1.82, 2.24) is 5.43 Å². The zero-order valence-electron chi connectivity index (χ0n) is 21.3. The number of amides is 2. The second kappa shape index (κ2) is 12.9. The third-order valence-corrected chi connectivity index (χ3v) is 6.16. The molecule has 10 nitrogen and oxygen atoms in total. The summed E-state index contributed by atoms with van der Waals surface area (Å²) >= 11 is 11.9. The van der Waals surface area contributed by atoms with Crippen LogP contribution in [0, 0.1) is 17.0 Å². The average Bonchev–Trinajstić information content (AvgIpc) is 2.94. The lowest BCUT2D eigenvalue weighted by Crippen LogP contribution is -2.18. The highest BCUT2D eigenvalue weighted by atomic mass is 35.5. The molecule has 41 heavy (non-hydrogen) atoms. The smallest absolute Gasteiger partial charge is 0.345 e. The minimum Gasteiger partial charge on any atom is -0.422 e. The van der Waals surface area contributed by atoms with Crippen LogP contribution < -0.4 is 15.5 Å². The van der Waals surface area contributed by atoms with Crippen LogP contribution in [-0.2, 0) is 0 Å². The number of nitro benzene ring substituents is 1. The van der Waals surface area contributed by atoms with Crippen molar-refractivity contribution in [1.29, 1.82) is 0 Å². The number of hydrogen-bond acceptors (Lipinski definition) is 7. The van der Waals surface area contributed by atoms with Gasteiger partial charge in [0.2, 0.25) is 0 Å². The van der Waals surface area contributed by atoms with Crippen LogP contribution in [0.5, 0.6) is 5.75 Å². The van der Waals surface area contributed by atoms with Crippen LogP contribution in [0.3, 0.4) is 0 Å². The van der Waals surface area contributed by atoms with Gasteiger partial charge >= 0.3 is 5.97 Å². The predicted octanol–water partition coefficient (Wildman–Crippen LogP) is 6.45. The van der Waals surface area contributed by atoms with E-state index in [0.717, 1.165) is 23.9 Å². The Balaban J connectivity index is 1.45. The molecule has 2 amide bonds. The maximum Gasteiger partial charge on any atom is 0.345 e. The summed E-state index contributed by atoms with van der Waals surface area (Å²) in [6.45, 7) is 1.89. The Morgan fingerprint density at radius 2 is 1.66 bits per heavy atom. The van der Waals surface area contributed by atoms with E-state index in [1.165, 1.54) is 36.4 Å². The van der Waals surface area contributed by atoms with Crippen LogP contribution >= 0.6 is 23.2 Å². The number of esters is 1. The summed E-state index contributed by atoms with van der Waals surface area (Å²) in [7, 11) is 0. The topological polar surface area (TPSA) is 140 Å². The van der Waals surface area contributed by atoms with Crippen LogP contribution in [0.4, 0.5) is 11.4 Å². The first-order valence-corrected chi connectivity index (χ1v) is 12.6. The summed E-state index contributed by atoms with van der Waals surface area (Å²) in [4.78, 5) is 48.3. The molecule has 12 heteroatoms. The van der Waals surface area contributed by atoms with E-state index in [9.17, 15) is 24.5 Å². The molecular formula is C29H20Cl2N4O6. The maximum atomic E-state index is 12.7. The molecule has 0 aliphatic heterocycles. The zero-order valence-corrected chi connectivity index (χ0v) is 22.8. The van der Waals surface area contributed by atoms with Crippen LogP contribution in [0.15, 0.2) is 90.0 Å². The lowest BCUT2D eigenvalue weighted by Gasteiger charge is -2.09. The first-order chi connectivity index (χ1) is 19.6. The summed E-state index contributed by atoms with van der Waals surface area (Å²) in [6, 6.07) is 21.0. The molecule has 206 valence electrons. The number of aryl methyl sites for hydroxylation is 1. The van der Waals surface area contributed by atoms with Gasteiger partial charge in [0.05, 0.1) is 21.7 Å². The van der Waals surface area contributed by atoms with E-state index < -0.39 is 16.8 Å². The molecule has 0 bridgehead atoms. The molecule has 4 aromatic rings. The molecular weight excluding hydrogens is 571 g/mol. The molecule has 0 aromatic heterocycles. The highest BCUT2D eigenvalue weighted by Gasteiger charge is 2.17. The number of rotatable bonds is 8. The van der Waals surface area contributed by atoms with Crippen molar-refractivity contribution < 1.29 is 24.0 Å². The number of nitro groups is 1. The third-order valence-electron chi connectivity index (χ3n) is 5.61. The van der Waals surface area contributed by atoms with Gasteiger partial charge in [0.25, 0.3) is 17.5 Å². The minimum atomic E-state index is -0.825. The summed E-state index contributed by atoms with van der Waals surface area (Å²) in [5, 5.41) is 18.3. The van der Waals surface area contributed by atoms with Crippen molar-refractivity contribution in [2.75, 3.05) is 5.32 Å². The Labute approximate surface area is 243 Å². The van der Waals surface area contributed by atoms with E-state index in [1.807, 2.05) is 13.0 Å². The number of hydrazone groups is 1. The molecule has 0 heterocycles. The van der Waals surface area contributed by atoms with Crippen LogP contribution in [-0.4, -0.2) is 28.9 Å². The lowest BCUT2D eigenvalue weighted by molar-refractivity contribution is -0.384. The number of nitrogens with one attached hydrogen (secondary N) is 2. The molecule has 0 fully saturated rings. The molecule has 0 aliphatic carbocycles. The third kappa shape index (κ3) is 7.53. The van der Waals surface area contributed by atoms with Gasteiger partial charge in [-0.05, 0) is 67.6 Å². The van der Waals surface area contributed by atoms with Gasteiger partial charge in [0, 0.05) is 39.5 Å². The molecule has 0 spiro atoms. The monoisotopic (exact) mass is 590 g/mol. The number of halogens is 2. The van der Waals surface area contributed by atoms with Crippen molar-refractivity contribution in [3.8, 4) is 5.75 Å². The molecule has 0 aliphatic rings. The zero-order chi connectivity index (χ0) is 29.5. The van der Waals surface area contributed by atoms with Gasteiger partial charge in [-0.3, -0.25) is 19.7 Å². The van der Waals surface area contributed by atoms with Gasteiger partial charge in [-0.25, -0.2) is 10.2 Å². The summed E-state index contributed by atoms with van der Waals surface area (Å²) in [5.41, 5.74) is 4.28. The van der Waals surface area contributed by atoms with Crippen molar-refractivity contribution in [2.45, 2.75) is 6.92 Å². The molecule has 4 rings (SSSR count). The van der Waals surface area contributed by atoms with E-state index in [-0.39, 0.29) is 39.1 Å². The molecule has 0 saturated carbocycles. The first kappa shape index (κ1) is 28.9. The molecule has 0 unspecified atom stereocenters. The van der Waals surface area contributed by atoms with Crippen molar-refractivity contribution in [3.63, 3.8) is 0 Å². The van der Waals surface area contributed by atoms with E-state index in [1.54, 1.807) is 30.3 Å². The Hall–Kier alpha value is -5.06. The molecule has 0 saturated heterocycles. The Kier molecular flexibility index (Phi) is 9.08. The molecule has 0 radical (unpaired) electrons. The van der Waals surface area contributed by atoms with Gasteiger partial charge in [0.15, 0.2) is 0 Å². The number of ether oxygens (including phenoxy) is 1. The van der Waals surface area contributed by atoms with E-state index in [2.05, 4.69) is 15.8 Å². The molecule has 2 N–H and O–H groups in total. The largest absolute Gasteiger partial charge is 0.422 e. The number of nitrogens with zero attached hydrogens (tertiary/aromatic N) is 2. The van der Waals surface area contributed by atoms with E-state index in [4.69, 9.17) is 27.9 Å². The predicted molar refractivity (Wildman–Crippen MR) is 155 cm³/mol. The minimum absolute atomic E-state index is 0.0316. The number of benzene rings is 4. The van der Waals surface area contributed by atoms with Gasteiger partial charge in [-0.2, -0.15) is 5.10 Å². The summed E-state index contributed by atoms with van der Waals surface area (Å²) in [6.07, 6.45) is 1.10. The number of carbonyl (C=O) groups excluding carboxylic acids is 3. The van der Waals surface area contributed by atoms with Gasteiger partial charge in [0.1, 0.15) is 5.75 Å². The van der Waals surface area contributed by atoms with Crippen LogP contribution in [0.2, 0.25) is 10.0 Å². The van der Waals surface area contributed by atoms with Crippen LogP contribution in [0.25, 0.3) is 0 Å². The number of carbonyl (C=O) groups is 3. The SMILES string of the molecule is Cc1cccc(C(=O)Nc2ccc(C(=O)N/N=C/c3cc([N+](=O)[O-])ccc3OC(=O)c3ccc(Cl)cc3Cl)cc2)c1. The Bertz CT molecular complexity index is 1690. The van der Waals surface area contributed by atoms with Crippen molar-refractivity contribution in [3.05, 3.63) is 133 Å². The normalized spacial score (nSPS) is 10.7. The first-order valence-electron chi connectivity index (χ1n) is 11.9. The highest BCUT2D eigenvalue weighted by molar-refractivity contribution is 6.36. The Morgan fingerprint density at radius 3 is 2.34 bits per heavy atom. The van der Waals surface area contributed by atoms with E-state index in [0.29, 0.717) is 16.3 Å². The highest BCUT2D eigenvalue weighted by Crippen LogP contribution is 2.26.